The Morgan fingerprint density at radius 1 is 1.42 bits per heavy atom. The van der Waals surface area contributed by atoms with Crippen molar-refractivity contribution in [2.45, 2.75) is 25.9 Å². The van der Waals surface area contributed by atoms with Crippen LogP contribution in [0.2, 0.25) is 10.0 Å². The summed E-state index contributed by atoms with van der Waals surface area (Å²) >= 11 is 11.9. The van der Waals surface area contributed by atoms with Crippen LogP contribution in [0, 0.1) is 0 Å². The van der Waals surface area contributed by atoms with Gasteiger partial charge in [0.2, 0.25) is 5.60 Å². The summed E-state index contributed by atoms with van der Waals surface area (Å²) in [4.78, 5) is 17.0. The van der Waals surface area contributed by atoms with Gasteiger partial charge in [-0.15, -0.1) is 0 Å². The van der Waals surface area contributed by atoms with Gasteiger partial charge in [-0.05, 0) is 32.0 Å². The summed E-state index contributed by atoms with van der Waals surface area (Å²) in [6.07, 6.45) is 0.322. The van der Waals surface area contributed by atoms with E-state index in [1.807, 2.05) is 0 Å². The number of hydrogen-bond acceptors (Lipinski definition) is 4. The monoisotopic (exact) mass is 301 g/mol. The quantitative estimate of drug-likeness (QED) is 0.804. The van der Waals surface area contributed by atoms with Crippen molar-refractivity contribution in [3.63, 3.8) is 0 Å². The van der Waals surface area contributed by atoms with Crippen molar-refractivity contribution in [3.8, 4) is 0 Å². The van der Waals surface area contributed by atoms with E-state index in [0.29, 0.717) is 28.8 Å². The van der Waals surface area contributed by atoms with Crippen LogP contribution in [-0.2, 0) is 14.4 Å². The minimum Gasteiger partial charge on any atom is -0.463 e. The van der Waals surface area contributed by atoms with Crippen molar-refractivity contribution < 1.29 is 14.4 Å². The molecule has 1 aromatic rings. The Bertz CT molecular complexity index is 524. The van der Waals surface area contributed by atoms with Crippen LogP contribution in [0.1, 0.15) is 25.8 Å². The summed E-state index contributed by atoms with van der Waals surface area (Å²) in [6.45, 7) is 3.69. The minimum absolute atomic E-state index is 0.302. The number of ether oxygens (including phenoxy) is 1. The standard InChI is InChI=1S/C13H13Cl2NO3/c1-3-18-12(17)13(2)7-11(16-19-13)8-4-9(14)6-10(15)5-8/h4-6H,3,7H2,1-2H3. The molecule has 0 saturated carbocycles. The van der Waals surface area contributed by atoms with Gasteiger partial charge in [-0.25, -0.2) is 4.79 Å². The van der Waals surface area contributed by atoms with Gasteiger partial charge in [0.05, 0.1) is 12.3 Å². The first-order valence-corrected chi connectivity index (χ1v) is 6.59. The normalized spacial score (nSPS) is 21.8. The smallest absolute Gasteiger partial charge is 0.353 e. The van der Waals surface area contributed by atoms with Gasteiger partial charge in [-0.1, -0.05) is 28.4 Å². The SMILES string of the molecule is CCOC(=O)C1(C)CC(c2cc(Cl)cc(Cl)c2)=NO1. The summed E-state index contributed by atoms with van der Waals surface area (Å²) in [7, 11) is 0. The van der Waals surface area contributed by atoms with Gasteiger partial charge in [0.25, 0.3) is 0 Å². The number of benzene rings is 1. The average molecular weight is 302 g/mol. The van der Waals surface area contributed by atoms with E-state index in [1.165, 1.54) is 0 Å². The lowest BCUT2D eigenvalue weighted by Gasteiger charge is -2.18. The van der Waals surface area contributed by atoms with Crippen molar-refractivity contribution >= 4 is 34.9 Å². The topological polar surface area (TPSA) is 47.9 Å². The van der Waals surface area contributed by atoms with Gasteiger partial charge in [-0.2, -0.15) is 0 Å². The second-order valence-electron chi connectivity index (χ2n) is 4.42. The van der Waals surface area contributed by atoms with Crippen molar-refractivity contribution in [2.24, 2.45) is 5.16 Å². The Hall–Kier alpha value is -1.26. The molecule has 4 nitrogen and oxygen atoms in total. The molecule has 0 N–H and O–H groups in total. The second-order valence-corrected chi connectivity index (χ2v) is 5.29. The summed E-state index contributed by atoms with van der Waals surface area (Å²) in [5.74, 6) is -0.429. The van der Waals surface area contributed by atoms with Crippen LogP contribution in [0.25, 0.3) is 0 Å². The fraction of sp³-hybridized carbons (Fsp3) is 0.385. The van der Waals surface area contributed by atoms with Gasteiger partial charge in [0, 0.05) is 22.0 Å². The Labute approximate surface area is 121 Å². The largest absolute Gasteiger partial charge is 0.463 e. The van der Waals surface area contributed by atoms with E-state index in [0.717, 1.165) is 5.56 Å². The Balaban J connectivity index is 2.19. The van der Waals surface area contributed by atoms with E-state index in [1.54, 1.807) is 32.0 Å². The highest BCUT2D eigenvalue weighted by molar-refractivity contribution is 6.35. The van der Waals surface area contributed by atoms with E-state index < -0.39 is 11.6 Å². The van der Waals surface area contributed by atoms with Crippen LogP contribution < -0.4 is 0 Å². The van der Waals surface area contributed by atoms with Crippen LogP contribution in [-0.4, -0.2) is 23.9 Å². The zero-order chi connectivity index (χ0) is 14.0. The summed E-state index contributed by atoms with van der Waals surface area (Å²) < 4.78 is 4.97. The third kappa shape index (κ3) is 3.01. The van der Waals surface area contributed by atoms with Crippen LogP contribution >= 0.6 is 23.2 Å². The molecule has 0 amide bonds. The average Bonchev–Trinajstić information content (AvgIpc) is 2.72. The lowest BCUT2D eigenvalue weighted by atomic mass is 9.96. The van der Waals surface area contributed by atoms with Gasteiger partial charge in [0.1, 0.15) is 0 Å². The van der Waals surface area contributed by atoms with Crippen molar-refractivity contribution in [1.82, 2.24) is 0 Å². The Morgan fingerprint density at radius 2 is 2.05 bits per heavy atom. The molecule has 6 heteroatoms. The second kappa shape index (κ2) is 5.39. The highest BCUT2D eigenvalue weighted by Crippen LogP contribution is 2.30. The predicted molar refractivity (Wildman–Crippen MR) is 73.7 cm³/mol. The minimum atomic E-state index is -1.08. The molecule has 1 atom stereocenters. The number of rotatable bonds is 3. The van der Waals surface area contributed by atoms with Gasteiger partial charge in [-0.3, -0.25) is 0 Å². The first-order valence-electron chi connectivity index (χ1n) is 5.83. The zero-order valence-corrected chi connectivity index (χ0v) is 12.1. The Morgan fingerprint density at radius 3 is 2.63 bits per heavy atom. The number of carbonyl (C=O) groups excluding carboxylic acids is 1. The molecule has 1 unspecified atom stereocenters. The van der Waals surface area contributed by atoms with Gasteiger partial charge < -0.3 is 9.57 Å². The fourth-order valence-electron chi connectivity index (χ4n) is 1.81. The highest BCUT2D eigenvalue weighted by Gasteiger charge is 2.43. The lowest BCUT2D eigenvalue weighted by Crippen LogP contribution is -2.37. The number of esters is 1. The molecule has 0 aliphatic carbocycles. The van der Waals surface area contributed by atoms with Crippen LogP contribution in [0.15, 0.2) is 23.4 Å². The zero-order valence-electron chi connectivity index (χ0n) is 10.6. The number of halogens is 2. The van der Waals surface area contributed by atoms with Crippen LogP contribution in [0.3, 0.4) is 0 Å². The van der Waals surface area contributed by atoms with Crippen molar-refractivity contribution in [1.29, 1.82) is 0 Å². The third-order valence-corrected chi connectivity index (χ3v) is 3.20. The number of nitrogens with zero attached hydrogens (tertiary/aromatic N) is 1. The highest BCUT2D eigenvalue weighted by atomic mass is 35.5. The number of hydrogen-bond donors (Lipinski definition) is 0. The maximum atomic E-state index is 11.8. The van der Waals surface area contributed by atoms with Crippen molar-refractivity contribution in [3.05, 3.63) is 33.8 Å². The van der Waals surface area contributed by atoms with Gasteiger partial charge in [0.15, 0.2) is 0 Å². The molecule has 1 aliphatic rings. The van der Waals surface area contributed by atoms with E-state index in [9.17, 15) is 4.79 Å². The molecule has 102 valence electrons. The number of carbonyl (C=O) groups is 1. The molecule has 1 aromatic carbocycles. The maximum absolute atomic E-state index is 11.8. The lowest BCUT2D eigenvalue weighted by molar-refractivity contribution is -0.166. The molecule has 0 aromatic heterocycles. The van der Waals surface area contributed by atoms with E-state index in [2.05, 4.69) is 5.16 Å². The van der Waals surface area contributed by atoms with E-state index in [4.69, 9.17) is 32.8 Å². The molecular weight excluding hydrogens is 289 g/mol. The molecular formula is C13H13Cl2NO3. The van der Waals surface area contributed by atoms with Crippen LogP contribution in [0.5, 0.6) is 0 Å². The molecule has 0 spiro atoms. The number of oxime groups is 1. The first kappa shape index (κ1) is 14.2. The fourth-order valence-corrected chi connectivity index (χ4v) is 2.33. The predicted octanol–water partition coefficient (Wildman–Crippen LogP) is 3.44. The molecule has 1 heterocycles. The molecule has 2 rings (SSSR count). The summed E-state index contributed by atoms with van der Waals surface area (Å²) in [5.41, 5.74) is 0.283. The third-order valence-electron chi connectivity index (χ3n) is 2.77. The Kier molecular flexibility index (Phi) is 4.02. The summed E-state index contributed by atoms with van der Waals surface area (Å²) in [6, 6.07) is 5.09. The summed E-state index contributed by atoms with van der Waals surface area (Å²) in [5, 5.41) is 4.96. The van der Waals surface area contributed by atoms with Gasteiger partial charge >= 0.3 is 5.97 Å². The van der Waals surface area contributed by atoms with Crippen LogP contribution in [0.4, 0.5) is 0 Å². The van der Waals surface area contributed by atoms with E-state index in [-0.39, 0.29) is 0 Å². The molecule has 0 radical (unpaired) electrons. The van der Waals surface area contributed by atoms with Crippen molar-refractivity contribution in [2.75, 3.05) is 6.61 Å². The first-order chi connectivity index (χ1) is 8.94. The molecule has 1 aliphatic heterocycles. The molecule has 0 fully saturated rings. The van der Waals surface area contributed by atoms with E-state index >= 15 is 0 Å². The maximum Gasteiger partial charge on any atom is 0.353 e. The molecule has 0 saturated heterocycles. The molecule has 19 heavy (non-hydrogen) atoms. The molecule has 0 bridgehead atoms.